The van der Waals surface area contributed by atoms with E-state index < -0.39 is 70.2 Å². The number of carbonyl (C=O) groups is 3. The number of carbonyl (C=O) groups excluding carboxylic acids is 2. The molecule has 2 aliphatic rings. The van der Waals surface area contributed by atoms with Gasteiger partial charge in [0.05, 0.1) is 17.9 Å². The van der Waals surface area contributed by atoms with Crippen LogP contribution in [-0.4, -0.2) is 64.0 Å². The van der Waals surface area contributed by atoms with Crippen LogP contribution in [0, 0.1) is 49.2 Å². The van der Waals surface area contributed by atoms with Crippen molar-refractivity contribution in [3.8, 4) is 11.1 Å². The van der Waals surface area contributed by atoms with E-state index in [2.05, 4.69) is 10.6 Å². The van der Waals surface area contributed by atoms with E-state index in [0.717, 1.165) is 0 Å². The number of benzene rings is 2. The standard InChI is InChI=1S/C40H48F4N4O5/c1-22(2)15-31(46-35(51)28-9-8-11-48(37(28)53)14-13-47-12-10-38(6)39(7,21-47)40(38,43)44)36(52)45-30(20-32(49)50)29-19-26(16-25(5)34(29)42)33-23(3)17-27(41)18-24(33)4/h8-9,11,16-19,22,30-31H,10,12-15,20-21H2,1-7H3,(H,45,52)(H,46,51)(H,49,50)/t30-,31-,38?,39?/m0/s1. The van der Waals surface area contributed by atoms with Gasteiger partial charge in [-0.15, -0.1) is 0 Å². The summed E-state index contributed by atoms with van der Waals surface area (Å²) in [7, 11) is 0. The molecule has 2 aromatic carbocycles. The Bertz CT molecular complexity index is 1970. The Morgan fingerprint density at radius 2 is 1.60 bits per heavy atom. The number of likely N-dealkylation sites (tertiary alicyclic amines) is 1. The smallest absolute Gasteiger partial charge is 0.305 e. The lowest BCUT2D eigenvalue weighted by Crippen LogP contribution is -2.49. The minimum Gasteiger partial charge on any atom is -0.481 e. The van der Waals surface area contributed by atoms with E-state index in [1.54, 1.807) is 33.8 Å². The molecular weight excluding hydrogens is 692 g/mol. The number of aromatic nitrogens is 1. The summed E-state index contributed by atoms with van der Waals surface area (Å²) in [6, 6.07) is 6.00. The Hall–Kier alpha value is -4.52. The number of amides is 2. The van der Waals surface area contributed by atoms with Gasteiger partial charge in [0.25, 0.3) is 17.4 Å². The van der Waals surface area contributed by atoms with Crippen molar-refractivity contribution >= 4 is 17.8 Å². The second-order valence-electron chi connectivity index (χ2n) is 15.6. The second kappa shape index (κ2) is 14.7. The average molecular weight is 741 g/mol. The molecule has 2 fully saturated rings. The summed E-state index contributed by atoms with van der Waals surface area (Å²) in [5.41, 5.74) is -0.565. The molecule has 0 radical (unpaired) electrons. The van der Waals surface area contributed by atoms with Crippen LogP contribution < -0.4 is 16.2 Å². The summed E-state index contributed by atoms with van der Waals surface area (Å²) in [5.74, 6) is -6.94. The van der Waals surface area contributed by atoms with Crippen LogP contribution in [0.3, 0.4) is 0 Å². The molecule has 1 saturated carbocycles. The van der Waals surface area contributed by atoms with E-state index in [1.165, 1.54) is 48.0 Å². The summed E-state index contributed by atoms with van der Waals surface area (Å²) in [5, 5.41) is 15.1. The number of halogens is 4. The van der Waals surface area contributed by atoms with Crippen LogP contribution in [0.1, 0.15) is 85.6 Å². The van der Waals surface area contributed by atoms with E-state index >= 15 is 4.39 Å². The first kappa shape index (κ1) is 39.7. The van der Waals surface area contributed by atoms with Crippen LogP contribution in [0.4, 0.5) is 17.6 Å². The maximum atomic E-state index is 15.8. The fourth-order valence-electron chi connectivity index (χ4n) is 8.07. The maximum Gasteiger partial charge on any atom is 0.305 e. The average Bonchev–Trinajstić information content (AvgIpc) is 3.42. The molecule has 2 amide bonds. The SMILES string of the molecule is Cc1cc(-c2c(C)cc(F)cc2C)cc([C@H](CC(=O)O)NC(=O)[C@H](CC(C)C)NC(=O)c2cccn(CCN3CCC4(C)C(F)(F)C4(C)C3)c2=O)c1F. The normalized spacial score (nSPS) is 21.8. The molecule has 5 rings (SSSR count). The van der Waals surface area contributed by atoms with Crippen LogP contribution in [-0.2, 0) is 16.1 Å². The molecule has 1 aliphatic heterocycles. The van der Waals surface area contributed by atoms with Gasteiger partial charge in [0.1, 0.15) is 23.2 Å². The van der Waals surface area contributed by atoms with Crippen molar-refractivity contribution in [1.29, 1.82) is 0 Å². The number of piperidine rings is 1. The van der Waals surface area contributed by atoms with Crippen LogP contribution in [0.15, 0.2) is 47.4 Å². The molecule has 9 nitrogen and oxygen atoms in total. The largest absolute Gasteiger partial charge is 0.481 e. The molecule has 53 heavy (non-hydrogen) atoms. The third-order valence-corrected chi connectivity index (χ3v) is 11.4. The summed E-state index contributed by atoms with van der Waals surface area (Å²) < 4.78 is 60.4. The molecule has 4 atom stereocenters. The number of carboxylic acid groups (broad SMARTS) is 1. The first-order valence-corrected chi connectivity index (χ1v) is 17.9. The number of rotatable bonds is 13. The van der Waals surface area contributed by atoms with E-state index in [9.17, 15) is 37.5 Å². The summed E-state index contributed by atoms with van der Waals surface area (Å²) in [6.45, 7) is 12.9. The number of carboxylic acids is 1. The fourth-order valence-corrected chi connectivity index (χ4v) is 8.07. The molecule has 1 saturated heterocycles. The van der Waals surface area contributed by atoms with Crippen molar-refractivity contribution < 1.29 is 37.1 Å². The third kappa shape index (κ3) is 7.49. The number of hydrogen-bond acceptors (Lipinski definition) is 5. The zero-order valence-electron chi connectivity index (χ0n) is 31.2. The Balaban J connectivity index is 1.35. The quantitative estimate of drug-likeness (QED) is 0.171. The molecular formula is C40H48F4N4O5. The van der Waals surface area contributed by atoms with E-state index in [-0.39, 0.29) is 42.1 Å². The molecule has 13 heteroatoms. The predicted molar refractivity (Wildman–Crippen MR) is 193 cm³/mol. The first-order valence-electron chi connectivity index (χ1n) is 17.9. The molecule has 1 aromatic heterocycles. The molecule has 2 unspecified atom stereocenters. The Morgan fingerprint density at radius 3 is 2.21 bits per heavy atom. The number of aliphatic carboxylic acids is 1. The zero-order chi connectivity index (χ0) is 39.2. The van der Waals surface area contributed by atoms with Crippen molar-refractivity contribution in [3.05, 3.63) is 92.4 Å². The highest BCUT2D eigenvalue weighted by Crippen LogP contribution is 2.78. The third-order valence-electron chi connectivity index (χ3n) is 11.4. The van der Waals surface area contributed by atoms with Gasteiger partial charge >= 0.3 is 5.97 Å². The molecule has 0 spiro atoms. The number of nitrogens with one attached hydrogen (secondary N) is 2. The number of aryl methyl sites for hydroxylation is 3. The van der Waals surface area contributed by atoms with Gasteiger partial charge in [0.15, 0.2) is 0 Å². The molecule has 286 valence electrons. The number of alkyl halides is 2. The van der Waals surface area contributed by atoms with Gasteiger partial charge in [-0.3, -0.25) is 19.2 Å². The second-order valence-corrected chi connectivity index (χ2v) is 15.6. The Morgan fingerprint density at radius 1 is 0.943 bits per heavy atom. The summed E-state index contributed by atoms with van der Waals surface area (Å²) >= 11 is 0. The van der Waals surface area contributed by atoms with E-state index in [4.69, 9.17) is 0 Å². The molecule has 3 aromatic rings. The van der Waals surface area contributed by atoms with Gasteiger partial charge in [-0.25, -0.2) is 17.6 Å². The summed E-state index contributed by atoms with van der Waals surface area (Å²) in [6.07, 6.45) is 1.29. The minimum atomic E-state index is -2.75. The molecule has 0 bridgehead atoms. The highest BCUT2D eigenvalue weighted by molar-refractivity contribution is 5.97. The van der Waals surface area contributed by atoms with Gasteiger partial charge in [0.2, 0.25) is 5.91 Å². The van der Waals surface area contributed by atoms with Crippen LogP contribution >= 0.6 is 0 Å². The minimum absolute atomic E-state index is 0.0859. The highest BCUT2D eigenvalue weighted by Gasteiger charge is 2.86. The van der Waals surface area contributed by atoms with Gasteiger partial charge in [-0.1, -0.05) is 27.7 Å². The maximum absolute atomic E-state index is 15.8. The van der Waals surface area contributed by atoms with Gasteiger partial charge in [-0.2, -0.15) is 0 Å². The van der Waals surface area contributed by atoms with Crippen LogP contribution in [0.5, 0.6) is 0 Å². The van der Waals surface area contributed by atoms with E-state index in [0.29, 0.717) is 41.8 Å². The highest BCUT2D eigenvalue weighted by atomic mass is 19.3. The van der Waals surface area contributed by atoms with Crippen molar-refractivity contribution in [3.63, 3.8) is 0 Å². The predicted octanol–water partition coefficient (Wildman–Crippen LogP) is 6.56. The van der Waals surface area contributed by atoms with E-state index in [1.807, 2.05) is 18.7 Å². The van der Waals surface area contributed by atoms with Gasteiger partial charge in [-0.05, 0) is 110 Å². The first-order chi connectivity index (χ1) is 24.7. The lowest BCUT2D eigenvalue weighted by Gasteiger charge is -2.32. The zero-order valence-corrected chi connectivity index (χ0v) is 31.2. The topological polar surface area (TPSA) is 121 Å². The Kier molecular flexibility index (Phi) is 11.0. The number of hydrogen-bond donors (Lipinski definition) is 3. The molecule has 3 N–H and O–H groups in total. The fraction of sp³-hybridized carbons (Fsp3) is 0.500. The van der Waals surface area contributed by atoms with Gasteiger partial charge in [0, 0.05) is 36.8 Å². The van der Waals surface area contributed by atoms with Crippen molar-refractivity contribution in [2.24, 2.45) is 16.7 Å². The lowest BCUT2D eigenvalue weighted by molar-refractivity contribution is -0.137. The monoisotopic (exact) mass is 740 g/mol. The molecule has 1 aliphatic carbocycles. The van der Waals surface area contributed by atoms with Crippen LogP contribution in [0.2, 0.25) is 0 Å². The van der Waals surface area contributed by atoms with Gasteiger partial charge < -0.3 is 25.2 Å². The van der Waals surface area contributed by atoms with Crippen LogP contribution in [0.25, 0.3) is 11.1 Å². The lowest BCUT2D eigenvalue weighted by atomic mass is 9.89. The van der Waals surface area contributed by atoms with Crippen molar-refractivity contribution in [1.82, 2.24) is 20.1 Å². The van der Waals surface area contributed by atoms with Crippen molar-refractivity contribution in [2.45, 2.75) is 92.3 Å². The number of fused-ring (bicyclic) bond motifs is 1. The Labute approximate surface area is 306 Å². The van der Waals surface area contributed by atoms with Crippen molar-refractivity contribution in [2.75, 3.05) is 19.6 Å². The number of pyridine rings is 1. The number of nitrogens with zero attached hydrogens (tertiary/aromatic N) is 2. The molecule has 2 heterocycles. The summed E-state index contributed by atoms with van der Waals surface area (Å²) in [4.78, 5) is 54.8.